The van der Waals surface area contributed by atoms with Crippen molar-refractivity contribution in [3.8, 4) is 0 Å². The summed E-state index contributed by atoms with van der Waals surface area (Å²) in [6, 6.07) is 2.18. The molecule has 0 radical (unpaired) electrons. The van der Waals surface area contributed by atoms with Crippen molar-refractivity contribution in [3.05, 3.63) is 29.6 Å². The fourth-order valence-electron chi connectivity index (χ4n) is 3.50. The summed E-state index contributed by atoms with van der Waals surface area (Å²) in [5.74, 6) is 0.838. The van der Waals surface area contributed by atoms with Gasteiger partial charge in [0.15, 0.2) is 0 Å². The van der Waals surface area contributed by atoms with Gasteiger partial charge in [-0.25, -0.2) is 0 Å². The van der Waals surface area contributed by atoms with Crippen LogP contribution in [0.2, 0.25) is 0 Å². The molecule has 22 heavy (non-hydrogen) atoms. The van der Waals surface area contributed by atoms with E-state index in [9.17, 15) is 4.79 Å². The number of pyridine rings is 1. The summed E-state index contributed by atoms with van der Waals surface area (Å²) in [5.41, 5.74) is 2.41. The van der Waals surface area contributed by atoms with Crippen molar-refractivity contribution < 1.29 is 9.53 Å². The molecule has 0 aromatic carbocycles. The first-order chi connectivity index (χ1) is 10.6. The van der Waals surface area contributed by atoms with E-state index in [4.69, 9.17) is 4.74 Å². The number of nitrogens with zero attached hydrogens (tertiary/aromatic N) is 3. The molecule has 0 N–H and O–H groups in total. The quantitative estimate of drug-likeness (QED) is 0.845. The molecule has 2 atom stereocenters. The average Bonchev–Trinajstić information content (AvgIpc) is 2.88. The minimum absolute atomic E-state index is 0.121. The van der Waals surface area contributed by atoms with Crippen LogP contribution in [-0.4, -0.2) is 60.1 Å². The Balaban J connectivity index is 1.60. The summed E-state index contributed by atoms with van der Waals surface area (Å²) in [7, 11) is 0. The Kier molecular flexibility index (Phi) is 4.74. The molecule has 3 rings (SSSR count). The third kappa shape index (κ3) is 3.47. The summed E-state index contributed by atoms with van der Waals surface area (Å²) in [6.07, 6.45) is 3.80. The van der Waals surface area contributed by atoms with E-state index in [0.29, 0.717) is 25.0 Å². The minimum atomic E-state index is 0.121. The number of rotatable bonds is 3. The number of morpholine rings is 1. The van der Waals surface area contributed by atoms with Gasteiger partial charge in [0.1, 0.15) is 0 Å². The fourth-order valence-corrected chi connectivity index (χ4v) is 3.50. The fraction of sp³-hybridized carbons (Fsp3) is 0.647. The zero-order valence-corrected chi connectivity index (χ0v) is 13.5. The standard InChI is InChI=1S/C17H25N3O2/c1-13-7-15(9-18-8-13)11-19-10-14(2)16(12-19)17(21)20-3-5-22-6-4-20/h7-9,14,16H,3-6,10-12H2,1-2H3/t14-,16-/m1/s1. The van der Waals surface area contributed by atoms with Crippen LogP contribution in [0, 0.1) is 18.8 Å². The molecule has 0 saturated carbocycles. The Labute approximate surface area is 132 Å². The third-order valence-electron chi connectivity index (χ3n) is 4.67. The number of carbonyl (C=O) groups excluding carboxylic acids is 1. The number of aryl methyl sites for hydroxylation is 1. The second-order valence-corrected chi connectivity index (χ2v) is 6.59. The lowest BCUT2D eigenvalue weighted by atomic mass is 9.96. The summed E-state index contributed by atoms with van der Waals surface area (Å²) >= 11 is 0. The van der Waals surface area contributed by atoms with E-state index in [2.05, 4.69) is 29.8 Å². The van der Waals surface area contributed by atoms with Crippen LogP contribution in [0.1, 0.15) is 18.1 Å². The second-order valence-electron chi connectivity index (χ2n) is 6.59. The number of likely N-dealkylation sites (tertiary alicyclic amines) is 1. The van der Waals surface area contributed by atoms with E-state index in [-0.39, 0.29) is 5.92 Å². The topological polar surface area (TPSA) is 45.7 Å². The second kappa shape index (κ2) is 6.75. The molecule has 0 bridgehead atoms. The maximum Gasteiger partial charge on any atom is 0.227 e. The predicted molar refractivity (Wildman–Crippen MR) is 84.3 cm³/mol. The molecule has 2 aliphatic heterocycles. The van der Waals surface area contributed by atoms with Crippen LogP contribution in [0.4, 0.5) is 0 Å². The van der Waals surface area contributed by atoms with Gasteiger partial charge in [-0.2, -0.15) is 0 Å². The van der Waals surface area contributed by atoms with Gasteiger partial charge in [0, 0.05) is 45.1 Å². The summed E-state index contributed by atoms with van der Waals surface area (Å²) in [4.78, 5) is 21.3. The van der Waals surface area contributed by atoms with Gasteiger partial charge in [-0.1, -0.05) is 13.0 Å². The van der Waals surface area contributed by atoms with E-state index < -0.39 is 0 Å². The molecule has 1 aromatic heterocycles. The monoisotopic (exact) mass is 303 g/mol. The zero-order valence-electron chi connectivity index (χ0n) is 13.5. The van der Waals surface area contributed by atoms with Gasteiger partial charge in [0.2, 0.25) is 5.91 Å². The molecule has 0 aliphatic carbocycles. The van der Waals surface area contributed by atoms with Crippen molar-refractivity contribution in [2.75, 3.05) is 39.4 Å². The molecular weight excluding hydrogens is 278 g/mol. The largest absolute Gasteiger partial charge is 0.378 e. The highest BCUT2D eigenvalue weighted by molar-refractivity contribution is 5.79. The van der Waals surface area contributed by atoms with Crippen molar-refractivity contribution in [3.63, 3.8) is 0 Å². The van der Waals surface area contributed by atoms with Gasteiger partial charge in [-0.05, 0) is 24.0 Å². The number of hydrogen-bond acceptors (Lipinski definition) is 4. The first kappa shape index (κ1) is 15.4. The minimum Gasteiger partial charge on any atom is -0.378 e. The number of ether oxygens (including phenoxy) is 1. The Morgan fingerprint density at radius 3 is 2.82 bits per heavy atom. The molecule has 1 aromatic rings. The van der Waals surface area contributed by atoms with Gasteiger partial charge in [-0.3, -0.25) is 14.7 Å². The molecule has 3 heterocycles. The molecule has 0 spiro atoms. The van der Waals surface area contributed by atoms with Crippen LogP contribution in [0.25, 0.3) is 0 Å². The number of hydrogen-bond donors (Lipinski definition) is 0. The summed E-state index contributed by atoms with van der Waals surface area (Å²) in [6.45, 7) is 9.79. The van der Waals surface area contributed by atoms with Crippen LogP contribution in [0.3, 0.4) is 0 Å². The van der Waals surface area contributed by atoms with Crippen molar-refractivity contribution in [2.45, 2.75) is 20.4 Å². The molecule has 5 nitrogen and oxygen atoms in total. The number of aromatic nitrogens is 1. The lowest BCUT2D eigenvalue weighted by Gasteiger charge is -2.30. The van der Waals surface area contributed by atoms with E-state index in [1.165, 1.54) is 11.1 Å². The number of carbonyl (C=O) groups is 1. The number of amides is 1. The van der Waals surface area contributed by atoms with Crippen LogP contribution < -0.4 is 0 Å². The Morgan fingerprint density at radius 2 is 2.09 bits per heavy atom. The van der Waals surface area contributed by atoms with E-state index in [1.54, 1.807) is 0 Å². The molecule has 2 saturated heterocycles. The highest BCUT2D eigenvalue weighted by Gasteiger charge is 2.37. The van der Waals surface area contributed by atoms with Gasteiger partial charge in [0.25, 0.3) is 0 Å². The Morgan fingerprint density at radius 1 is 1.32 bits per heavy atom. The van der Waals surface area contributed by atoms with Crippen LogP contribution in [-0.2, 0) is 16.1 Å². The first-order valence-corrected chi connectivity index (χ1v) is 8.13. The van der Waals surface area contributed by atoms with Gasteiger partial charge >= 0.3 is 0 Å². The highest BCUT2D eigenvalue weighted by Crippen LogP contribution is 2.26. The molecule has 1 amide bonds. The molecule has 5 heteroatoms. The highest BCUT2D eigenvalue weighted by atomic mass is 16.5. The third-order valence-corrected chi connectivity index (χ3v) is 4.67. The Hall–Kier alpha value is -1.46. The smallest absolute Gasteiger partial charge is 0.227 e. The molecule has 2 fully saturated rings. The van der Waals surface area contributed by atoms with Crippen LogP contribution in [0.15, 0.2) is 18.5 Å². The lowest BCUT2D eigenvalue weighted by molar-refractivity contribution is -0.140. The Bertz CT molecular complexity index is 528. The van der Waals surface area contributed by atoms with Crippen LogP contribution in [0.5, 0.6) is 0 Å². The summed E-state index contributed by atoms with van der Waals surface area (Å²) < 4.78 is 5.34. The molecule has 0 unspecified atom stereocenters. The maximum absolute atomic E-state index is 12.7. The van der Waals surface area contributed by atoms with E-state index >= 15 is 0 Å². The van der Waals surface area contributed by atoms with E-state index in [1.807, 2.05) is 17.3 Å². The average molecular weight is 303 g/mol. The molecule has 120 valence electrons. The molecular formula is C17H25N3O2. The summed E-state index contributed by atoms with van der Waals surface area (Å²) in [5, 5.41) is 0. The maximum atomic E-state index is 12.7. The van der Waals surface area contributed by atoms with Gasteiger partial charge in [0.05, 0.1) is 19.1 Å². The lowest BCUT2D eigenvalue weighted by Crippen LogP contribution is -2.45. The SMILES string of the molecule is Cc1cncc(CN2C[C@@H](C)[C@H](C(=O)N3CCOCC3)C2)c1. The van der Waals surface area contributed by atoms with Gasteiger partial charge in [-0.15, -0.1) is 0 Å². The van der Waals surface area contributed by atoms with E-state index in [0.717, 1.165) is 32.7 Å². The molecule has 2 aliphatic rings. The van der Waals surface area contributed by atoms with Crippen molar-refractivity contribution in [1.29, 1.82) is 0 Å². The normalized spacial score (nSPS) is 26.4. The zero-order chi connectivity index (χ0) is 15.5. The predicted octanol–water partition coefficient (Wildman–Crippen LogP) is 1.32. The first-order valence-electron chi connectivity index (χ1n) is 8.13. The van der Waals surface area contributed by atoms with Crippen molar-refractivity contribution >= 4 is 5.91 Å². The van der Waals surface area contributed by atoms with Crippen LogP contribution >= 0.6 is 0 Å². The van der Waals surface area contributed by atoms with Crippen molar-refractivity contribution in [2.24, 2.45) is 11.8 Å². The van der Waals surface area contributed by atoms with Gasteiger partial charge < -0.3 is 9.64 Å². The van der Waals surface area contributed by atoms with Crippen molar-refractivity contribution in [1.82, 2.24) is 14.8 Å².